The van der Waals surface area contributed by atoms with Gasteiger partial charge in [-0.05, 0) is 47.7 Å². The van der Waals surface area contributed by atoms with E-state index in [-0.39, 0.29) is 11.6 Å². The fourth-order valence-electron chi connectivity index (χ4n) is 4.36. The maximum Gasteiger partial charge on any atom is 0.262 e. The smallest absolute Gasteiger partial charge is 0.262 e. The largest absolute Gasteiger partial charge is 0.285 e. The molecule has 1 heterocycles. The van der Waals surface area contributed by atoms with Gasteiger partial charge in [0.05, 0.1) is 16.9 Å². The molecule has 0 aliphatic rings. The second kappa shape index (κ2) is 8.64. The van der Waals surface area contributed by atoms with Crippen LogP contribution in [0, 0.1) is 6.92 Å². The highest BCUT2D eigenvalue weighted by Gasteiger charge is 2.21. The first-order chi connectivity index (χ1) is 15.7. The van der Waals surface area contributed by atoms with E-state index >= 15 is 0 Å². The van der Waals surface area contributed by atoms with Crippen molar-refractivity contribution >= 4 is 10.9 Å². The lowest BCUT2D eigenvalue weighted by molar-refractivity contribution is 0.619. The summed E-state index contributed by atoms with van der Waals surface area (Å²) in [6.07, 6.45) is 0.783. The highest BCUT2D eigenvalue weighted by Crippen LogP contribution is 2.27. The first-order valence-electron chi connectivity index (χ1n) is 10.9. The highest BCUT2D eigenvalue weighted by atomic mass is 16.1. The molecular weight excluding hydrogens is 392 g/mol. The van der Waals surface area contributed by atoms with Crippen molar-refractivity contribution in [2.45, 2.75) is 19.4 Å². The number of fused-ring (bicyclic) bond motifs is 1. The van der Waals surface area contributed by atoms with Crippen LogP contribution in [0.3, 0.4) is 0 Å². The molecule has 0 saturated carbocycles. The van der Waals surface area contributed by atoms with Crippen molar-refractivity contribution in [2.75, 3.05) is 0 Å². The molecule has 0 bridgehead atoms. The van der Waals surface area contributed by atoms with Crippen LogP contribution < -0.4 is 5.56 Å². The first-order valence-corrected chi connectivity index (χ1v) is 10.9. The second-order valence-electron chi connectivity index (χ2n) is 8.07. The third-order valence-corrected chi connectivity index (χ3v) is 5.88. The summed E-state index contributed by atoms with van der Waals surface area (Å²) in [4.78, 5) is 18.7. The third-order valence-electron chi connectivity index (χ3n) is 5.88. The van der Waals surface area contributed by atoms with E-state index in [0.29, 0.717) is 11.2 Å². The summed E-state index contributed by atoms with van der Waals surface area (Å²) in [5, 5.41) is 0.654. The van der Waals surface area contributed by atoms with E-state index in [9.17, 15) is 4.79 Å². The Bertz CT molecular complexity index is 1370. The van der Waals surface area contributed by atoms with Gasteiger partial charge in [0.2, 0.25) is 0 Å². The van der Waals surface area contributed by atoms with E-state index in [0.717, 1.165) is 28.6 Å². The molecule has 5 rings (SSSR count). The second-order valence-corrected chi connectivity index (χ2v) is 8.07. The van der Waals surface area contributed by atoms with Crippen LogP contribution in [0.5, 0.6) is 0 Å². The molecule has 156 valence electrons. The van der Waals surface area contributed by atoms with Gasteiger partial charge in [-0.2, -0.15) is 0 Å². The molecule has 0 radical (unpaired) electrons. The number of hydrogen-bond donors (Lipinski definition) is 0. The average molecular weight is 417 g/mol. The minimum atomic E-state index is -0.237. The number of benzene rings is 4. The van der Waals surface area contributed by atoms with Crippen molar-refractivity contribution in [3.05, 3.63) is 148 Å². The maximum atomic E-state index is 13.9. The molecule has 0 N–H and O–H groups in total. The Labute approximate surface area is 187 Å². The molecule has 4 aromatic carbocycles. The topological polar surface area (TPSA) is 34.9 Å². The van der Waals surface area contributed by atoms with E-state index < -0.39 is 0 Å². The summed E-state index contributed by atoms with van der Waals surface area (Å²) in [7, 11) is 0. The van der Waals surface area contributed by atoms with Crippen LogP contribution in [0.2, 0.25) is 0 Å². The van der Waals surface area contributed by atoms with Crippen molar-refractivity contribution in [3.63, 3.8) is 0 Å². The normalized spacial score (nSPS) is 11.2. The van der Waals surface area contributed by atoms with Gasteiger partial charge in [0.15, 0.2) is 0 Å². The van der Waals surface area contributed by atoms with Crippen LogP contribution in [0.25, 0.3) is 10.9 Å². The van der Waals surface area contributed by atoms with Gasteiger partial charge < -0.3 is 0 Å². The van der Waals surface area contributed by atoms with Gasteiger partial charge in [0, 0.05) is 0 Å². The zero-order chi connectivity index (χ0) is 21.9. The van der Waals surface area contributed by atoms with Crippen molar-refractivity contribution < 1.29 is 0 Å². The van der Waals surface area contributed by atoms with Crippen LogP contribution in [-0.4, -0.2) is 9.55 Å². The summed E-state index contributed by atoms with van der Waals surface area (Å²) in [6, 6.07) is 36.4. The van der Waals surface area contributed by atoms with Gasteiger partial charge in [-0.25, -0.2) is 4.98 Å². The Morgan fingerprint density at radius 2 is 1.28 bits per heavy atom. The molecule has 0 atom stereocenters. The summed E-state index contributed by atoms with van der Waals surface area (Å²) in [5.74, 6) is 0.705. The lowest BCUT2D eigenvalue weighted by Gasteiger charge is -2.23. The molecule has 3 nitrogen and oxygen atoms in total. The predicted molar refractivity (Wildman–Crippen MR) is 130 cm³/mol. The standard InChI is InChI=1S/C29H24N2O/c1-21-30-27-18-17-23(19-22-11-5-2-6-12-22)20-26(27)29(32)31(21)28(24-13-7-3-8-14-24)25-15-9-4-10-16-25/h2-18,20,28H,19H2,1H3. The van der Waals surface area contributed by atoms with Gasteiger partial charge in [0.1, 0.15) is 5.82 Å². The monoisotopic (exact) mass is 416 g/mol. The van der Waals surface area contributed by atoms with Crippen LogP contribution in [0.15, 0.2) is 114 Å². The van der Waals surface area contributed by atoms with E-state index in [2.05, 4.69) is 42.5 Å². The van der Waals surface area contributed by atoms with Gasteiger partial charge in [-0.1, -0.05) is 97.1 Å². The van der Waals surface area contributed by atoms with Gasteiger partial charge >= 0.3 is 0 Å². The quantitative estimate of drug-likeness (QED) is 0.356. The number of rotatable bonds is 5. The van der Waals surface area contributed by atoms with Crippen molar-refractivity contribution in [1.29, 1.82) is 0 Å². The van der Waals surface area contributed by atoms with Gasteiger partial charge in [-0.15, -0.1) is 0 Å². The zero-order valence-electron chi connectivity index (χ0n) is 18.0. The molecule has 0 spiro atoms. The molecule has 3 heteroatoms. The molecular formula is C29H24N2O. The minimum absolute atomic E-state index is 0.0138. The number of hydrogen-bond acceptors (Lipinski definition) is 2. The Hall–Kier alpha value is -3.98. The van der Waals surface area contributed by atoms with E-state index in [1.54, 1.807) is 0 Å². The summed E-state index contributed by atoms with van der Waals surface area (Å²) >= 11 is 0. The molecule has 5 aromatic rings. The highest BCUT2D eigenvalue weighted by molar-refractivity contribution is 5.78. The van der Waals surface area contributed by atoms with Gasteiger partial charge in [0.25, 0.3) is 5.56 Å². The van der Waals surface area contributed by atoms with E-state index in [1.165, 1.54) is 5.56 Å². The molecule has 0 aliphatic heterocycles. The molecule has 32 heavy (non-hydrogen) atoms. The third kappa shape index (κ3) is 3.85. The predicted octanol–water partition coefficient (Wildman–Crippen LogP) is 5.93. The molecule has 0 fully saturated rings. The maximum absolute atomic E-state index is 13.9. The molecule has 1 aromatic heterocycles. The zero-order valence-corrected chi connectivity index (χ0v) is 18.0. The molecule has 0 saturated heterocycles. The Morgan fingerprint density at radius 3 is 1.88 bits per heavy atom. The lowest BCUT2D eigenvalue weighted by atomic mass is 9.97. The Kier molecular flexibility index (Phi) is 5.39. The molecule has 0 unspecified atom stereocenters. The van der Waals surface area contributed by atoms with Crippen molar-refractivity contribution in [3.8, 4) is 0 Å². The Balaban J connectivity index is 1.69. The SMILES string of the molecule is Cc1nc2ccc(Cc3ccccc3)cc2c(=O)n1C(c1ccccc1)c1ccccc1. The average Bonchev–Trinajstić information content (AvgIpc) is 2.84. The van der Waals surface area contributed by atoms with E-state index in [4.69, 9.17) is 4.98 Å². The van der Waals surface area contributed by atoms with Crippen LogP contribution in [0.1, 0.15) is 34.1 Å². The summed E-state index contributed by atoms with van der Waals surface area (Å²) in [5.41, 5.74) is 5.17. The summed E-state index contributed by atoms with van der Waals surface area (Å²) in [6.45, 7) is 1.91. The fourth-order valence-corrected chi connectivity index (χ4v) is 4.36. The minimum Gasteiger partial charge on any atom is -0.285 e. The van der Waals surface area contributed by atoms with Crippen LogP contribution in [-0.2, 0) is 6.42 Å². The number of aromatic nitrogens is 2. The van der Waals surface area contributed by atoms with Crippen LogP contribution in [0.4, 0.5) is 0 Å². The summed E-state index contributed by atoms with van der Waals surface area (Å²) < 4.78 is 1.83. The van der Waals surface area contributed by atoms with Crippen molar-refractivity contribution in [2.24, 2.45) is 0 Å². The Morgan fingerprint density at radius 1 is 0.719 bits per heavy atom. The van der Waals surface area contributed by atoms with Gasteiger partial charge in [-0.3, -0.25) is 9.36 Å². The number of nitrogens with zero attached hydrogens (tertiary/aromatic N) is 2. The molecule has 0 aliphatic carbocycles. The van der Waals surface area contributed by atoms with Crippen LogP contribution >= 0.6 is 0 Å². The lowest BCUT2D eigenvalue weighted by Crippen LogP contribution is -2.29. The van der Waals surface area contributed by atoms with E-state index in [1.807, 2.05) is 78.2 Å². The number of aryl methyl sites for hydroxylation is 1. The fraction of sp³-hybridized carbons (Fsp3) is 0.103. The first kappa shape index (κ1) is 20.0. The van der Waals surface area contributed by atoms with Crippen molar-refractivity contribution in [1.82, 2.24) is 9.55 Å². The molecule has 0 amide bonds.